The number of aliphatic hydroxyl groups is 1. The molecule has 1 aliphatic heterocycles. The first kappa shape index (κ1) is 32.1. The van der Waals surface area contributed by atoms with E-state index in [1.54, 1.807) is 31.3 Å². The number of hydrogen-bond donors (Lipinski definition) is 4. The second kappa shape index (κ2) is 16.1. The number of nitrogens with zero attached hydrogens (tertiary/aromatic N) is 1. The van der Waals surface area contributed by atoms with E-state index < -0.39 is 24.3 Å². The highest BCUT2D eigenvalue weighted by Gasteiger charge is 2.32. The van der Waals surface area contributed by atoms with Crippen molar-refractivity contribution >= 4 is 18.2 Å². The normalized spacial score (nSPS) is 15.5. The zero-order valence-corrected chi connectivity index (χ0v) is 24.7. The van der Waals surface area contributed by atoms with E-state index in [0.29, 0.717) is 54.1 Å². The highest BCUT2D eigenvalue weighted by Crippen LogP contribution is 2.35. The zero-order valence-electron chi connectivity index (χ0n) is 24.7. The molecule has 2 aromatic rings. The fourth-order valence-corrected chi connectivity index (χ4v) is 4.14. The van der Waals surface area contributed by atoms with Crippen molar-refractivity contribution in [3.05, 3.63) is 58.8 Å². The van der Waals surface area contributed by atoms with Crippen LogP contribution >= 0.6 is 0 Å². The number of carbonyl (C=O) groups is 2. The number of carbonyl (C=O) groups excluding carboxylic acids is 2. The third-order valence-corrected chi connectivity index (χ3v) is 6.13. The maximum absolute atomic E-state index is 12.4. The smallest absolute Gasteiger partial charge is 0.337 e. The number of rotatable bonds is 16. The lowest BCUT2D eigenvalue weighted by Gasteiger charge is -2.28. The highest BCUT2D eigenvalue weighted by molar-refractivity contribution is 5.95. The highest BCUT2D eigenvalue weighted by atomic mass is 16.5. The largest absolute Gasteiger partial charge is 0.490 e. The van der Waals surface area contributed by atoms with Gasteiger partial charge < -0.3 is 39.4 Å². The van der Waals surface area contributed by atoms with Gasteiger partial charge in [-0.25, -0.2) is 9.59 Å². The number of urea groups is 1. The lowest BCUT2D eigenvalue weighted by molar-refractivity contribution is -0.136. The lowest BCUT2D eigenvalue weighted by Crippen LogP contribution is -2.45. The molecule has 0 saturated heterocycles. The fraction of sp³-hybridized carbons (Fsp3) is 0.433. The van der Waals surface area contributed by atoms with Gasteiger partial charge in [-0.1, -0.05) is 19.4 Å². The van der Waals surface area contributed by atoms with Crippen LogP contribution in [0, 0.1) is 0 Å². The average molecular weight is 585 g/mol. The average Bonchev–Trinajstić information content (AvgIpc) is 2.97. The Morgan fingerprint density at radius 2 is 1.71 bits per heavy atom. The van der Waals surface area contributed by atoms with Gasteiger partial charge in [0.05, 0.1) is 44.8 Å². The number of unbranched alkanes of at least 4 members (excludes halogenated alkanes) is 1. The van der Waals surface area contributed by atoms with Crippen molar-refractivity contribution in [2.24, 2.45) is 5.10 Å². The van der Waals surface area contributed by atoms with E-state index in [0.717, 1.165) is 18.4 Å². The van der Waals surface area contributed by atoms with Crippen molar-refractivity contribution in [2.45, 2.75) is 52.8 Å². The van der Waals surface area contributed by atoms with Gasteiger partial charge in [-0.3, -0.25) is 5.43 Å². The monoisotopic (exact) mass is 584 g/mol. The molecule has 3 rings (SSSR count). The first-order chi connectivity index (χ1) is 20.3. The minimum atomic E-state index is -1.13. The van der Waals surface area contributed by atoms with Crippen molar-refractivity contribution < 1.29 is 38.4 Å². The summed E-state index contributed by atoms with van der Waals surface area (Å²) in [4.78, 5) is 24.6. The molecule has 12 nitrogen and oxygen atoms in total. The molecule has 2 aromatic carbocycles. The minimum Gasteiger partial charge on any atom is -0.490 e. The van der Waals surface area contributed by atoms with Crippen LogP contribution in [0.3, 0.4) is 0 Å². The number of benzene rings is 2. The Kier molecular flexibility index (Phi) is 12.3. The van der Waals surface area contributed by atoms with E-state index in [9.17, 15) is 14.7 Å². The van der Waals surface area contributed by atoms with Crippen LogP contribution in [0.4, 0.5) is 4.79 Å². The fourth-order valence-electron chi connectivity index (χ4n) is 4.14. The maximum atomic E-state index is 12.4. The van der Waals surface area contributed by atoms with E-state index in [-0.39, 0.29) is 12.2 Å². The third-order valence-electron chi connectivity index (χ3n) is 6.13. The zero-order chi connectivity index (χ0) is 30.5. The molecule has 4 N–H and O–H groups in total. The van der Waals surface area contributed by atoms with Gasteiger partial charge in [-0.2, -0.15) is 5.10 Å². The number of hydrazone groups is 1. The molecule has 42 heavy (non-hydrogen) atoms. The van der Waals surface area contributed by atoms with Gasteiger partial charge in [0.25, 0.3) is 0 Å². The molecule has 2 amide bonds. The van der Waals surface area contributed by atoms with Crippen LogP contribution in [0.15, 0.2) is 52.8 Å². The number of esters is 1. The quantitative estimate of drug-likeness (QED) is 0.0760. The van der Waals surface area contributed by atoms with E-state index >= 15 is 0 Å². The molecule has 1 aliphatic rings. The van der Waals surface area contributed by atoms with Crippen LogP contribution in [-0.4, -0.2) is 63.1 Å². The molecule has 12 heteroatoms. The topological polar surface area (TPSA) is 149 Å². The van der Waals surface area contributed by atoms with Crippen molar-refractivity contribution in [1.82, 2.24) is 16.1 Å². The van der Waals surface area contributed by atoms with E-state index in [1.807, 2.05) is 32.0 Å². The molecule has 1 heterocycles. The molecule has 0 radical (unpaired) electrons. The van der Waals surface area contributed by atoms with Gasteiger partial charge in [0.1, 0.15) is 6.61 Å². The van der Waals surface area contributed by atoms with Crippen LogP contribution in [0.5, 0.6) is 23.0 Å². The molecule has 0 bridgehead atoms. The molecule has 0 fully saturated rings. The number of hydrogen-bond acceptors (Lipinski definition) is 10. The summed E-state index contributed by atoms with van der Waals surface area (Å²) in [5, 5.41) is 19.9. The Labute approximate surface area is 246 Å². The Balaban J connectivity index is 1.65. The first-order valence-corrected chi connectivity index (χ1v) is 13.9. The number of nitrogens with one attached hydrogen (secondary N) is 3. The van der Waals surface area contributed by atoms with Gasteiger partial charge in [0, 0.05) is 5.70 Å². The number of aliphatic hydroxyl groups excluding tert-OH is 1. The van der Waals surface area contributed by atoms with Crippen LogP contribution < -0.4 is 35.0 Å². The van der Waals surface area contributed by atoms with Gasteiger partial charge in [-0.05, 0) is 68.7 Å². The molecule has 0 saturated carbocycles. The van der Waals surface area contributed by atoms with Crippen molar-refractivity contribution in [3.63, 3.8) is 0 Å². The van der Waals surface area contributed by atoms with Crippen molar-refractivity contribution in [1.29, 1.82) is 0 Å². The molecular formula is C30H40N4O8. The number of ether oxygens (including phenoxy) is 5. The van der Waals surface area contributed by atoms with Crippen LogP contribution in [0.25, 0.3) is 0 Å². The summed E-state index contributed by atoms with van der Waals surface area (Å²) >= 11 is 0. The number of allylic oxidation sites excluding steroid dienone is 1. The van der Waals surface area contributed by atoms with Gasteiger partial charge >= 0.3 is 12.0 Å². The molecule has 2 atom stereocenters. The molecule has 228 valence electrons. The van der Waals surface area contributed by atoms with Gasteiger partial charge in [0.2, 0.25) is 0 Å². The number of methoxy groups -OCH3 is 1. The molecule has 0 aliphatic carbocycles. The maximum Gasteiger partial charge on any atom is 0.337 e. The Bertz CT molecular complexity index is 1280. The summed E-state index contributed by atoms with van der Waals surface area (Å²) in [6.07, 6.45) is 2.43. The van der Waals surface area contributed by atoms with Crippen LogP contribution in [0.2, 0.25) is 0 Å². The Hall–Kier alpha value is -4.45. The molecule has 0 unspecified atom stereocenters. The standard InChI is InChI=1S/C30H40N4O8/c1-6-9-14-41-22-12-10-20(15-24(22)39-7-2)17-31-34-26(35)18-42-23-13-11-21(16-25(23)40-8-3)28-27(29(36)38-5)19(4)32-30(37)33-28/h10-13,15-17,26,28,34-35H,6-9,14,18H2,1-5H3,(H2,32,33,37)/b31-17-/t26-,28-/m1/s1. The SMILES string of the molecule is CCCCOc1ccc(/C=N\N[C@H](O)COc2ccc([C@H]3NC(=O)NC(C)=C3C(=O)OC)cc2OCC)cc1OCC. The molecule has 0 spiro atoms. The minimum absolute atomic E-state index is 0.137. The van der Waals surface area contributed by atoms with Gasteiger partial charge in [0.15, 0.2) is 29.2 Å². The van der Waals surface area contributed by atoms with E-state index in [2.05, 4.69) is 28.1 Å². The summed E-state index contributed by atoms with van der Waals surface area (Å²) in [6, 6.07) is 9.34. The van der Waals surface area contributed by atoms with Crippen molar-refractivity contribution in [3.8, 4) is 23.0 Å². The second-order valence-corrected chi connectivity index (χ2v) is 9.26. The van der Waals surface area contributed by atoms with Crippen LogP contribution in [-0.2, 0) is 9.53 Å². The lowest BCUT2D eigenvalue weighted by atomic mass is 9.95. The van der Waals surface area contributed by atoms with Gasteiger partial charge in [-0.15, -0.1) is 0 Å². The third kappa shape index (κ3) is 8.77. The summed E-state index contributed by atoms with van der Waals surface area (Å²) < 4.78 is 28.0. The molecule has 0 aromatic heterocycles. The van der Waals surface area contributed by atoms with Crippen molar-refractivity contribution in [2.75, 3.05) is 33.5 Å². The summed E-state index contributed by atoms with van der Waals surface area (Å²) in [7, 11) is 1.28. The second-order valence-electron chi connectivity index (χ2n) is 9.26. The van der Waals surface area contributed by atoms with E-state index in [1.165, 1.54) is 7.11 Å². The first-order valence-electron chi connectivity index (χ1n) is 13.9. The summed E-state index contributed by atoms with van der Waals surface area (Å²) in [5.74, 6) is 1.48. The van der Waals surface area contributed by atoms with Crippen LogP contribution in [0.1, 0.15) is 57.7 Å². The predicted molar refractivity (Wildman–Crippen MR) is 157 cm³/mol. The summed E-state index contributed by atoms with van der Waals surface area (Å²) in [6.45, 7) is 8.78. The molecular weight excluding hydrogens is 544 g/mol. The summed E-state index contributed by atoms with van der Waals surface area (Å²) in [5.41, 5.74) is 4.66. The number of amides is 2. The Morgan fingerprint density at radius 3 is 2.40 bits per heavy atom. The predicted octanol–water partition coefficient (Wildman–Crippen LogP) is 3.78. The Morgan fingerprint density at radius 1 is 1.02 bits per heavy atom. The van der Waals surface area contributed by atoms with E-state index in [4.69, 9.17) is 23.7 Å².